The molecule has 4 amide bonds. The van der Waals surface area contributed by atoms with E-state index in [9.17, 15) is 24.0 Å². The monoisotopic (exact) mass is 505 g/mol. The van der Waals surface area contributed by atoms with Crippen molar-refractivity contribution in [2.24, 2.45) is 5.92 Å². The fraction of sp³-hybridized carbons (Fsp3) is 0.560. The molecule has 1 aliphatic rings. The van der Waals surface area contributed by atoms with Crippen LogP contribution < -0.4 is 5.32 Å². The van der Waals surface area contributed by atoms with Crippen molar-refractivity contribution >= 4 is 30.0 Å². The molecule has 0 aromatic heterocycles. The second-order valence-electron chi connectivity index (χ2n) is 9.65. The summed E-state index contributed by atoms with van der Waals surface area (Å²) in [5.41, 5.74) is -0.0821. The van der Waals surface area contributed by atoms with Crippen LogP contribution >= 0.6 is 0 Å². The third-order valence-corrected chi connectivity index (χ3v) is 5.15. The summed E-state index contributed by atoms with van der Waals surface area (Å²) in [5, 5.41) is 2.50. The van der Waals surface area contributed by atoms with Gasteiger partial charge in [-0.15, -0.1) is 0 Å². The van der Waals surface area contributed by atoms with Gasteiger partial charge in [0, 0.05) is 0 Å². The smallest absolute Gasteiger partial charge is 0.408 e. The Hall–Kier alpha value is -3.63. The molecule has 36 heavy (non-hydrogen) atoms. The second kappa shape index (κ2) is 12.4. The molecule has 0 spiro atoms. The highest BCUT2D eigenvalue weighted by Crippen LogP contribution is 2.22. The topological polar surface area (TPSA) is 132 Å². The number of benzene rings is 1. The maximum atomic E-state index is 13.5. The zero-order chi connectivity index (χ0) is 27.0. The lowest BCUT2D eigenvalue weighted by Gasteiger charge is -2.29. The summed E-state index contributed by atoms with van der Waals surface area (Å²) in [4.78, 5) is 65.9. The molecule has 2 unspecified atom stereocenters. The molecule has 2 rings (SSSR count). The van der Waals surface area contributed by atoms with Crippen LogP contribution in [0.5, 0.6) is 0 Å². The molecule has 2 atom stereocenters. The predicted molar refractivity (Wildman–Crippen MR) is 128 cm³/mol. The molecule has 0 saturated carbocycles. The summed E-state index contributed by atoms with van der Waals surface area (Å²) >= 11 is 0. The van der Waals surface area contributed by atoms with E-state index in [1.807, 2.05) is 6.07 Å². The average molecular weight is 506 g/mol. The first-order valence-electron chi connectivity index (χ1n) is 11.8. The van der Waals surface area contributed by atoms with Crippen LogP contribution in [-0.4, -0.2) is 77.2 Å². The van der Waals surface area contributed by atoms with Crippen molar-refractivity contribution in [3.05, 3.63) is 35.9 Å². The molecule has 1 saturated heterocycles. The Morgan fingerprint density at radius 3 is 2.28 bits per heavy atom. The molecule has 0 bridgehead atoms. The molecule has 1 aromatic carbocycles. The lowest BCUT2D eigenvalue weighted by Crippen LogP contribution is -2.56. The molecular weight excluding hydrogens is 470 g/mol. The number of carbonyl (C=O) groups is 5. The van der Waals surface area contributed by atoms with Crippen molar-refractivity contribution in [1.82, 2.24) is 15.1 Å². The standard InChI is InChI=1S/C25H35N3O8/c1-7-34-19(29)14-27-13-18(22(31)35-15-17-11-9-8-10-12-17)28(24(27)33)21(30)20(16(2)3)26-23(32)36-25(4,5)6/h8-12,16,18,20H,7,13-15H2,1-6H3,(H,26,32). The zero-order valence-corrected chi connectivity index (χ0v) is 21.6. The summed E-state index contributed by atoms with van der Waals surface area (Å²) in [5.74, 6) is -2.75. The number of urea groups is 1. The molecule has 11 nitrogen and oxygen atoms in total. The molecule has 1 heterocycles. The number of nitrogens with one attached hydrogen (secondary N) is 1. The van der Waals surface area contributed by atoms with Crippen molar-refractivity contribution in [3.63, 3.8) is 0 Å². The fourth-order valence-electron chi connectivity index (χ4n) is 3.50. The van der Waals surface area contributed by atoms with E-state index in [1.54, 1.807) is 65.8 Å². The minimum absolute atomic E-state index is 0.0615. The highest BCUT2D eigenvalue weighted by molar-refractivity contribution is 6.04. The van der Waals surface area contributed by atoms with Crippen molar-refractivity contribution < 1.29 is 38.2 Å². The van der Waals surface area contributed by atoms with Gasteiger partial charge in [-0.05, 0) is 39.2 Å². The number of nitrogens with zero attached hydrogens (tertiary/aromatic N) is 2. The van der Waals surface area contributed by atoms with Gasteiger partial charge in [0.2, 0.25) is 0 Å². The SMILES string of the molecule is CCOC(=O)CN1CC(C(=O)OCc2ccccc2)N(C(=O)C(NC(=O)OC(C)(C)C)C(C)C)C1=O. The van der Waals surface area contributed by atoms with Gasteiger partial charge in [-0.2, -0.15) is 0 Å². The molecule has 1 aromatic rings. The zero-order valence-electron chi connectivity index (χ0n) is 21.6. The lowest BCUT2D eigenvalue weighted by molar-refractivity contribution is -0.153. The van der Waals surface area contributed by atoms with Crippen molar-refractivity contribution in [2.45, 2.75) is 65.8 Å². The quantitative estimate of drug-likeness (QED) is 0.400. The Kier molecular flexibility index (Phi) is 9.83. The third-order valence-electron chi connectivity index (χ3n) is 5.15. The molecule has 1 N–H and O–H groups in total. The minimum Gasteiger partial charge on any atom is -0.465 e. The van der Waals surface area contributed by atoms with Crippen molar-refractivity contribution in [3.8, 4) is 0 Å². The van der Waals surface area contributed by atoms with E-state index in [0.29, 0.717) is 0 Å². The number of imide groups is 1. The molecule has 0 radical (unpaired) electrons. The number of rotatable bonds is 9. The van der Waals surface area contributed by atoms with Gasteiger partial charge in [-0.3, -0.25) is 9.59 Å². The fourth-order valence-corrected chi connectivity index (χ4v) is 3.50. The summed E-state index contributed by atoms with van der Waals surface area (Å²) in [7, 11) is 0. The highest BCUT2D eigenvalue weighted by Gasteiger charge is 2.49. The minimum atomic E-state index is -1.31. The van der Waals surface area contributed by atoms with Crippen LogP contribution in [0.4, 0.5) is 9.59 Å². The summed E-state index contributed by atoms with van der Waals surface area (Å²) < 4.78 is 15.5. The maximum Gasteiger partial charge on any atom is 0.408 e. The average Bonchev–Trinajstić information content (AvgIpc) is 3.10. The number of amides is 4. The molecular formula is C25H35N3O8. The van der Waals surface area contributed by atoms with Gasteiger partial charge in [-0.25, -0.2) is 19.3 Å². The highest BCUT2D eigenvalue weighted by atomic mass is 16.6. The van der Waals surface area contributed by atoms with Crippen LogP contribution in [-0.2, 0) is 35.2 Å². The van der Waals surface area contributed by atoms with E-state index in [-0.39, 0.29) is 19.8 Å². The van der Waals surface area contributed by atoms with E-state index in [0.717, 1.165) is 15.4 Å². The largest absolute Gasteiger partial charge is 0.465 e. The summed E-state index contributed by atoms with van der Waals surface area (Å²) in [6, 6.07) is 5.58. The van der Waals surface area contributed by atoms with E-state index < -0.39 is 60.1 Å². The van der Waals surface area contributed by atoms with Gasteiger partial charge in [-0.1, -0.05) is 44.2 Å². The van der Waals surface area contributed by atoms with Gasteiger partial charge in [0.15, 0.2) is 6.04 Å². The van der Waals surface area contributed by atoms with Gasteiger partial charge in [0.05, 0.1) is 13.2 Å². The first-order chi connectivity index (χ1) is 16.8. The van der Waals surface area contributed by atoms with Crippen LogP contribution in [0.25, 0.3) is 0 Å². The van der Waals surface area contributed by atoms with Crippen LogP contribution in [0.1, 0.15) is 47.1 Å². The van der Waals surface area contributed by atoms with E-state index in [2.05, 4.69) is 5.32 Å². The van der Waals surface area contributed by atoms with Crippen LogP contribution in [0, 0.1) is 5.92 Å². The van der Waals surface area contributed by atoms with Crippen LogP contribution in [0.15, 0.2) is 30.3 Å². The molecule has 1 fully saturated rings. The van der Waals surface area contributed by atoms with Crippen molar-refractivity contribution in [1.29, 1.82) is 0 Å². The normalized spacial score (nSPS) is 16.5. The number of hydrogen-bond acceptors (Lipinski definition) is 8. The maximum absolute atomic E-state index is 13.5. The molecule has 11 heteroatoms. The second-order valence-corrected chi connectivity index (χ2v) is 9.65. The Balaban J connectivity index is 2.27. The van der Waals surface area contributed by atoms with E-state index in [1.165, 1.54) is 0 Å². The van der Waals surface area contributed by atoms with E-state index in [4.69, 9.17) is 14.2 Å². The van der Waals surface area contributed by atoms with Gasteiger partial charge in [0.1, 0.15) is 24.8 Å². The van der Waals surface area contributed by atoms with E-state index >= 15 is 0 Å². The number of esters is 2. The Morgan fingerprint density at radius 2 is 1.72 bits per heavy atom. The first kappa shape index (κ1) is 28.6. The molecule has 198 valence electrons. The van der Waals surface area contributed by atoms with Crippen molar-refractivity contribution in [2.75, 3.05) is 19.7 Å². The van der Waals surface area contributed by atoms with Crippen LogP contribution in [0.3, 0.4) is 0 Å². The summed E-state index contributed by atoms with van der Waals surface area (Å²) in [6.45, 7) is 9.37. The first-order valence-corrected chi connectivity index (χ1v) is 11.8. The predicted octanol–water partition coefficient (Wildman–Crippen LogP) is 2.47. The lowest BCUT2D eigenvalue weighted by atomic mass is 10.0. The van der Waals surface area contributed by atoms with Crippen LogP contribution in [0.2, 0.25) is 0 Å². The Morgan fingerprint density at radius 1 is 1.08 bits per heavy atom. The number of hydrogen-bond donors (Lipinski definition) is 1. The molecule has 1 aliphatic heterocycles. The summed E-state index contributed by atoms with van der Waals surface area (Å²) in [6.07, 6.45) is -0.840. The van der Waals surface area contributed by atoms with Gasteiger partial charge >= 0.3 is 24.1 Å². The Labute approximate surface area is 211 Å². The third kappa shape index (κ3) is 7.96. The Bertz CT molecular complexity index is 958. The number of ether oxygens (including phenoxy) is 3. The van der Waals surface area contributed by atoms with Gasteiger partial charge < -0.3 is 24.4 Å². The molecule has 0 aliphatic carbocycles. The van der Waals surface area contributed by atoms with Gasteiger partial charge in [0.25, 0.3) is 5.91 Å². The number of alkyl carbamates (subject to hydrolysis) is 1. The number of carbonyl (C=O) groups excluding carboxylic acids is 5.